The van der Waals surface area contributed by atoms with E-state index in [-0.39, 0.29) is 17.2 Å². The first-order valence-electron chi connectivity index (χ1n) is 5.61. The van der Waals surface area contributed by atoms with E-state index >= 15 is 0 Å². The zero-order valence-electron chi connectivity index (χ0n) is 10.0. The van der Waals surface area contributed by atoms with Crippen LogP contribution in [0.3, 0.4) is 0 Å². The second-order valence-electron chi connectivity index (χ2n) is 3.91. The Morgan fingerprint density at radius 3 is 3.05 bits per heavy atom. The van der Waals surface area contributed by atoms with Crippen LogP contribution < -0.4 is 4.74 Å². The number of hydrogen-bond donors (Lipinski definition) is 0. The molecule has 0 aliphatic carbocycles. The third kappa shape index (κ3) is 2.11. The highest BCUT2D eigenvalue weighted by Crippen LogP contribution is 2.29. The van der Waals surface area contributed by atoms with Crippen LogP contribution in [0.4, 0.5) is 4.39 Å². The summed E-state index contributed by atoms with van der Waals surface area (Å²) in [6.07, 6.45) is 1.84. The predicted octanol–water partition coefficient (Wildman–Crippen LogP) is 3.94. The molecule has 0 bridgehead atoms. The van der Waals surface area contributed by atoms with Gasteiger partial charge in [0.05, 0.1) is 11.4 Å². The summed E-state index contributed by atoms with van der Waals surface area (Å²) in [5, 5.41) is 10.6. The number of ether oxygens (including phenoxy) is 1. The van der Waals surface area contributed by atoms with Gasteiger partial charge in [-0.05, 0) is 12.1 Å². The van der Waals surface area contributed by atoms with Crippen molar-refractivity contribution in [3.05, 3.63) is 46.9 Å². The van der Waals surface area contributed by atoms with Gasteiger partial charge in [0.2, 0.25) is 5.88 Å². The van der Waals surface area contributed by atoms with Gasteiger partial charge in [0, 0.05) is 17.6 Å². The number of nitrogens with zero attached hydrogens (tertiary/aromatic N) is 3. The van der Waals surface area contributed by atoms with Gasteiger partial charge in [-0.25, -0.2) is 4.39 Å². The monoisotopic (exact) mass is 307 g/mol. The van der Waals surface area contributed by atoms with E-state index < -0.39 is 5.82 Å². The lowest BCUT2D eigenvalue weighted by Gasteiger charge is -2.04. The van der Waals surface area contributed by atoms with E-state index in [2.05, 4.69) is 4.98 Å². The number of halogens is 2. The first-order chi connectivity index (χ1) is 9.72. The average Bonchev–Trinajstić information content (AvgIpc) is 2.99. The number of alkyl halides is 1. The second kappa shape index (κ2) is 5.12. The van der Waals surface area contributed by atoms with E-state index in [0.717, 1.165) is 11.0 Å². The number of hydrogen-bond acceptors (Lipinski definition) is 4. The number of nitriles is 1. The van der Waals surface area contributed by atoms with E-state index in [9.17, 15) is 4.39 Å². The van der Waals surface area contributed by atoms with Crippen LogP contribution in [0.25, 0.3) is 4.96 Å². The third-order valence-corrected chi connectivity index (χ3v) is 3.74. The molecular formula is C13H7ClFN3OS. The molecule has 0 aliphatic heterocycles. The number of aromatic nitrogens is 2. The van der Waals surface area contributed by atoms with E-state index in [1.807, 2.05) is 16.0 Å². The first kappa shape index (κ1) is 12.9. The molecule has 2 heterocycles. The van der Waals surface area contributed by atoms with Crippen molar-refractivity contribution in [2.75, 3.05) is 0 Å². The Kier molecular flexibility index (Phi) is 3.30. The van der Waals surface area contributed by atoms with Gasteiger partial charge in [0.15, 0.2) is 4.96 Å². The molecule has 0 saturated carbocycles. The van der Waals surface area contributed by atoms with E-state index in [1.165, 1.54) is 23.5 Å². The van der Waals surface area contributed by atoms with Crippen LogP contribution in [-0.2, 0) is 5.88 Å². The fraction of sp³-hybridized carbons (Fsp3) is 0.0769. The van der Waals surface area contributed by atoms with Crippen molar-refractivity contribution < 1.29 is 9.13 Å². The molecular weight excluding hydrogens is 301 g/mol. The van der Waals surface area contributed by atoms with E-state index in [0.29, 0.717) is 11.6 Å². The van der Waals surface area contributed by atoms with Crippen molar-refractivity contribution in [2.45, 2.75) is 5.88 Å². The highest BCUT2D eigenvalue weighted by atomic mass is 35.5. The smallest absolute Gasteiger partial charge is 0.243 e. The fourth-order valence-electron chi connectivity index (χ4n) is 1.78. The van der Waals surface area contributed by atoms with Gasteiger partial charge in [-0.3, -0.25) is 4.40 Å². The molecule has 3 rings (SSSR count). The van der Waals surface area contributed by atoms with Gasteiger partial charge in [0.25, 0.3) is 0 Å². The zero-order valence-corrected chi connectivity index (χ0v) is 11.6. The normalized spacial score (nSPS) is 10.7. The van der Waals surface area contributed by atoms with Gasteiger partial charge in [0.1, 0.15) is 23.3 Å². The van der Waals surface area contributed by atoms with Crippen LogP contribution >= 0.6 is 22.9 Å². The first-order valence-corrected chi connectivity index (χ1v) is 7.02. The van der Waals surface area contributed by atoms with Gasteiger partial charge in [-0.1, -0.05) is 0 Å². The minimum absolute atomic E-state index is 0.0271. The van der Waals surface area contributed by atoms with Crippen molar-refractivity contribution in [1.29, 1.82) is 5.26 Å². The van der Waals surface area contributed by atoms with Gasteiger partial charge in [-0.2, -0.15) is 10.2 Å². The van der Waals surface area contributed by atoms with Gasteiger partial charge >= 0.3 is 0 Å². The molecule has 0 spiro atoms. The molecule has 0 radical (unpaired) electrons. The predicted molar refractivity (Wildman–Crippen MR) is 73.8 cm³/mol. The molecule has 0 fully saturated rings. The van der Waals surface area contributed by atoms with Crippen LogP contribution in [0.1, 0.15) is 11.3 Å². The Labute approximate surface area is 122 Å². The van der Waals surface area contributed by atoms with Crippen molar-refractivity contribution in [1.82, 2.24) is 9.38 Å². The standard InChI is InChI=1S/C13H7ClFN3OS/c14-6-11-12(17-13-18(11)3-4-20-13)19-9-2-1-8(7-16)10(15)5-9/h1-5H,6H2. The molecule has 0 aliphatic rings. The molecule has 0 N–H and O–H groups in total. The topological polar surface area (TPSA) is 50.3 Å². The molecule has 0 saturated heterocycles. The Morgan fingerprint density at radius 2 is 2.35 bits per heavy atom. The summed E-state index contributed by atoms with van der Waals surface area (Å²) < 4.78 is 20.9. The van der Waals surface area contributed by atoms with Gasteiger partial charge < -0.3 is 4.74 Å². The second-order valence-corrected chi connectivity index (χ2v) is 5.05. The van der Waals surface area contributed by atoms with Crippen LogP contribution in [0.5, 0.6) is 11.6 Å². The van der Waals surface area contributed by atoms with E-state index in [4.69, 9.17) is 21.6 Å². The summed E-state index contributed by atoms with van der Waals surface area (Å²) in [6, 6.07) is 5.80. The molecule has 4 nitrogen and oxygen atoms in total. The minimum atomic E-state index is -0.626. The maximum Gasteiger partial charge on any atom is 0.243 e. The highest BCUT2D eigenvalue weighted by Gasteiger charge is 2.15. The molecule has 0 amide bonds. The lowest BCUT2D eigenvalue weighted by molar-refractivity contribution is 0.456. The van der Waals surface area contributed by atoms with Crippen LogP contribution in [0.15, 0.2) is 29.8 Å². The van der Waals surface area contributed by atoms with Crippen LogP contribution in [0, 0.1) is 17.1 Å². The average molecular weight is 308 g/mol. The number of thiazole rings is 1. The van der Waals surface area contributed by atoms with E-state index in [1.54, 1.807) is 6.07 Å². The third-order valence-electron chi connectivity index (χ3n) is 2.73. The molecule has 0 atom stereocenters. The van der Waals surface area contributed by atoms with Crippen LogP contribution in [0.2, 0.25) is 0 Å². The number of fused-ring (bicyclic) bond motifs is 1. The van der Waals surface area contributed by atoms with Crippen LogP contribution in [-0.4, -0.2) is 9.38 Å². The van der Waals surface area contributed by atoms with Crippen molar-refractivity contribution in [3.63, 3.8) is 0 Å². The molecule has 7 heteroatoms. The van der Waals surface area contributed by atoms with Crippen molar-refractivity contribution in [3.8, 4) is 17.7 Å². The Bertz CT molecular complexity index is 821. The Morgan fingerprint density at radius 1 is 1.50 bits per heavy atom. The zero-order chi connectivity index (χ0) is 14.1. The maximum atomic E-state index is 13.5. The molecule has 1 aromatic carbocycles. The summed E-state index contributed by atoms with van der Waals surface area (Å²) in [5.41, 5.74) is 0.674. The summed E-state index contributed by atoms with van der Waals surface area (Å²) in [7, 11) is 0. The number of benzene rings is 1. The lowest BCUT2D eigenvalue weighted by Crippen LogP contribution is -1.92. The summed E-state index contributed by atoms with van der Waals surface area (Å²) in [6.45, 7) is 0. The Balaban J connectivity index is 1.98. The highest BCUT2D eigenvalue weighted by molar-refractivity contribution is 7.15. The quantitative estimate of drug-likeness (QED) is 0.689. The molecule has 2 aromatic heterocycles. The van der Waals surface area contributed by atoms with Crippen molar-refractivity contribution in [2.24, 2.45) is 0 Å². The van der Waals surface area contributed by atoms with Gasteiger partial charge in [-0.15, -0.1) is 22.9 Å². The number of rotatable bonds is 3. The molecule has 3 aromatic rings. The maximum absolute atomic E-state index is 13.5. The molecule has 100 valence electrons. The number of imidazole rings is 1. The molecule has 0 unspecified atom stereocenters. The summed E-state index contributed by atoms with van der Waals surface area (Å²) >= 11 is 7.35. The lowest BCUT2D eigenvalue weighted by atomic mass is 10.2. The summed E-state index contributed by atoms with van der Waals surface area (Å²) in [5.74, 6) is 0.222. The SMILES string of the molecule is N#Cc1ccc(Oc2nc3sccn3c2CCl)cc1F. The largest absolute Gasteiger partial charge is 0.437 e. The fourth-order valence-corrected chi connectivity index (χ4v) is 2.75. The molecule has 20 heavy (non-hydrogen) atoms. The van der Waals surface area contributed by atoms with Crippen molar-refractivity contribution >= 4 is 27.9 Å². The minimum Gasteiger partial charge on any atom is -0.437 e. The Hall–Kier alpha value is -2.10. The summed E-state index contributed by atoms with van der Waals surface area (Å²) in [4.78, 5) is 5.05.